The molecule has 0 unspecified atom stereocenters. The number of hydrogen-bond donors (Lipinski definition) is 0. The van der Waals surface area contributed by atoms with Gasteiger partial charge in [-0.05, 0) is 40.2 Å². The molecule has 0 saturated carbocycles. The zero-order valence-electron chi connectivity index (χ0n) is 14.6. The molecule has 0 bridgehead atoms. The summed E-state index contributed by atoms with van der Waals surface area (Å²) in [6, 6.07) is 10.9. The zero-order chi connectivity index (χ0) is 18.5. The normalized spacial score (nSPS) is 10.9. The summed E-state index contributed by atoms with van der Waals surface area (Å²) in [4.78, 5) is 18.7. The third-order valence-corrected chi connectivity index (χ3v) is 4.22. The van der Waals surface area contributed by atoms with Gasteiger partial charge < -0.3 is 18.8 Å². The van der Waals surface area contributed by atoms with Crippen LogP contribution in [0.1, 0.15) is 16.1 Å². The maximum Gasteiger partial charge on any atom is 0.254 e. The second-order valence-corrected chi connectivity index (χ2v) is 6.54. The van der Waals surface area contributed by atoms with E-state index in [0.717, 1.165) is 11.1 Å². The predicted octanol–water partition coefficient (Wildman–Crippen LogP) is 3.89. The number of pyridine rings is 1. The van der Waals surface area contributed by atoms with Crippen molar-refractivity contribution in [3.8, 4) is 5.75 Å². The van der Waals surface area contributed by atoms with E-state index in [-0.39, 0.29) is 5.91 Å². The predicted molar refractivity (Wildman–Crippen MR) is 101 cm³/mol. The van der Waals surface area contributed by atoms with Gasteiger partial charge in [0.1, 0.15) is 17.9 Å². The molecule has 0 N–H and O–H groups in total. The number of furan rings is 1. The van der Waals surface area contributed by atoms with Crippen LogP contribution in [0.4, 0.5) is 0 Å². The van der Waals surface area contributed by atoms with E-state index in [1.807, 2.05) is 24.3 Å². The molecule has 0 atom stereocenters. The molecule has 26 heavy (non-hydrogen) atoms. The number of amides is 1. The maximum absolute atomic E-state index is 12.8. The number of nitrogens with zero attached hydrogens (tertiary/aromatic N) is 2. The standard InChI is InChI=1S/C19H19BrN2O4/c1-22(12-14-5-3-4-6-21-14)19(23)13-9-16(25-8-7-24-2)15-11-18(20)26-17(15)10-13/h3-6,9-11H,7-8,12H2,1-2H3. The highest BCUT2D eigenvalue weighted by molar-refractivity contribution is 9.10. The zero-order valence-corrected chi connectivity index (χ0v) is 16.2. The first-order chi connectivity index (χ1) is 12.6. The minimum Gasteiger partial charge on any atom is -0.490 e. The summed E-state index contributed by atoms with van der Waals surface area (Å²) in [5, 5.41) is 0.803. The highest BCUT2D eigenvalue weighted by Gasteiger charge is 2.18. The van der Waals surface area contributed by atoms with Gasteiger partial charge in [0, 0.05) is 32.0 Å². The molecule has 2 aromatic heterocycles. The number of fused-ring (bicyclic) bond motifs is 1. The summed E-state index contributed by atoms with van der Waals surface area (Å²) in [5.41, 5.74) is 1.90. The number of hydrogen-bond acceptors (Lipinski definition) is 5. The van der Waals surface area contributed by atoms with Gasteiger partial charge in [-0.2, -0.15) is 0 Å². The average Bonchev–Trinajstić information content (AvgIpc) is 3.02. The maximum atomic E-state index is 12.8. The monoisotopic (exact) mass is 418 g/mol. The van der Waals surface area contributed by atoms with Crippen LogP contribution in [0.5, 0.6) is 5.75 Å². The largest absolute Gasteiger partial charge is 0.490 e. The molecule has 136 valence electrons. The van der Waals surface area contributed by atoms with Gasteiger partial charge in [-0.15, -0.1) is 0 Å². The topological polar surface area (TPSA) is 64.8 Å². The van der Waals surface area contributed by atoms with Crippen molar-refractivity contribution < 1.29 is 18.7 Å². The molecule has 6 nitrogen and oxygen atoms in total. The third kappa shape index (κ3) is 4.23. The van der Waals surface area contributed by atoms with Gasteiger partial charge in [0.15, 0.2) is 4.67 Å². The molecule has 3 rings (SSSR count). The van der Waals surface area contributed by atoms with E-state index in [1.165, 1.54) is 0 Å². The van der Waals surface area contributed by atoms with E-state index in [0.29, 0.717) is 41.3 Å². The number of carbonyl (C=O) groups excluding carboxylic acids is 1. The SMILES string of the molecule is COCCOc1cc(C(=O)N(C)Cc2ccccn2)cc2oc(Br)cc12. The molecule has 0 radical (unpaired) electrons. The lowest BCUT2D eigenvalue weighted by Gasteiger charge is -2.17. The Morgan fingerprint density at radius 1 is 1.27 bits per heavy atom. The van der Waals surface area contributed by atoms with E-state index >= 15 is 0 Å². The fraction of sp³-hybridized carbons (Fsp3) is 0.263. The number of benzene rings is 1. The lowest BCUT2D eigenvalue weighted by atomic mass is 10.1. The summed E-state index contributed by atoms with van der Waals surface area (Å²) < 4.78 is 17.0. The Bertz CT molecular complexity index is 895. The second kappa shape index (κ2) is 8.33. The van der Waals surface area contributed by atoms with Gasteiger partial charge in [-0.3, -0.25) is 9.78 Å². The Hall–Kier alpha value is -2.38. The number of aromatic nitrogens is 1. The molecule has 0 saturated heterocycles. The van der Waals surface area contributed by atoms with Crippen molar-refractivity contribution in [2.45, 2.75) is 6.54 Å². The first-order valence-corrected chi connectivity index (χ1v) is 8.88. The quantitative estimate of drug-likeness (QED) is 0.544. The van der Waals surface area contributed by atoms with Crippen LogP contribution in [0.15, 0.2) is 51.7 Å². The van der Waals surface area contributed by atoms with Gasteiger partial charge in [-0.25, -0.2) is 0 Å². The second-order valence-electron chi connectivity index (χ2n) is 5.76. The summed E-state index contributed by atoms with van der Waals surface area (Å²) >= 11 is 3.32. The van der Waals surface area contributed by atoms with E-state index in [9.17, 15) is 4.79 Å². The van der Waals surface area contributed by atoms with Crippen molar-refractivity contribution in [1.82, 2.24) is 9.88 Å². The van der Waals surface area contributed by atoms with E-state index < -0.39 is 0 Å². The van der Waals surface area contributed by atoms with Crippen molar-refractivity contribution in [1.29, 1.82) is 0 Å². The average molecular weight is 419 g/mol. The molecule has 0 aliphatic carbocycles. The molecule has 7 heteroatoms. The van der Waals surface area contributed by atoms with Crippen molar-refractivity contribution in [2.75, 3.05) is 27.4 Å². The highest BCUT2D eigenvalue weighted by atomic mass is 79.9. The Morgan fingerprint density at radius 3 is 2.85 bits per heavy atom. The Kier molecular flexibility index (Phi) is 5.90. The number of ether oxygens (including phenoxy) is 2. The molecule has 1 aromatic carbocycles. The third-order valence-electron chi connectivity index (χ3n) is 3.83. The number of carbonyl (C=O) groups is 1. The van der Waals surface area contributed by atoms with Crippen LogP contribution in [0, 0.1) is 0 Å². The van der Waals surface area contributed by atoms with Gasteiger partial charge in [0.25, 0.3) is 5.91 Å². The van der Waals surface area contributed by atoms with Crippen molar-refractivity contribution in [3.05, 3.63) is 58.5 Å². The van der Waals surface area contributed by atoms with Crippen molar-refractivity contribution >= 4 is 32.8 Å². The number of rotatable bonds is 7. The summed E-state index contributed by atoms with van der Waals surface area (Å²) in [5.74, 6) is 0.449. The van der Waals surface area contributed by atoms with Crippen LogP contribution in [0.2, 0.25) is 0 Å². The molecule has 0 fully saturated rings. The lowest BCUT2D eigenvalue weighted by Crippen LogP contribution is -2.26. The molecule has 3 aromatic rings. The number of methoxy groups -OCH3 is 1. The minimum absolute atomic E-state index is 0.137. The lowest BCUT2D eigenvalue weighted by molar-refractivity contribution is 0.0783. The van der Waals surface area contributed by atoms with Crippen molar-refractivity contribution in [2.24, 2.45) is 0 Å². The Morgan fingerprint density at radius 2 is 2.12 bits per heavy atom. The Labute approximate surface area is 159 Å². The molecule has 2 heterocycles. The van der Waals surface area contributed by atoms with Crippen LogP contribution in [0.3, 0.4) is 0 Å². The molecule has 0 spiro atoms. The van der Waals surface area contributed by atoms with Crippen LogP contribution in [-0.4, -0.2) is 43.2 Å². The van der Waals surface area contributed by atoms with Crippen LogP contribution >= 0.6 is 15.9 Å². The fourth-order valence-corrected chi connectivity index (χ4v) is 2.98. The summed E-state index contributed by atoms with van der Waals surface area (Å²) in [6.45, 7) is 1.26. The first kappa shape index (κ1) is 18.4. The molecule has 0 aliphatic rings. The molecular formula is C19H19BrN2O4. The van der Waals surface area contributed by atoms with Gasteiger partial charge in [0.2, 0.25) is 0 Å². The van der Waals surface area contributed by atoms with E-state index in [1.54, 1.807) is 37.4 Å². The van der Waals surface area contributed by atoms with Gasteiger partial charge >= 0.3 is 0 Å². The van der Waals surface area contributed by atoms with Crippen LogP contribution in [-0.2, 0) is 11.3 Å². The minimum atomic E-state index is -0.137. The fourth-order valence-electron chi connectivity index (χ4n) is 2.58. The van der Waals surface area contributed by atoms with Gasteiger partial charge in [-0.1, -0.05) is 6.07 Å². The van der Waals surface area contributed by atoms with Crippen molar-refractivity contribution in [3.63, 3.8) is 0 Å². The Balaban J connectivity index is 1.87. The smallest absolute Gasteiger partial charge is 0.254 e. The number of halogens is 1. The summed E-state index contributed by atoms with van der Waals surface area (Å²) in [7, 11) is 3.35. The first-order valence-electron chi connectivity index (χ1n) is 8.08. The summed E-state index contributed by atoms with van der Waals surface area (Å²) in [6.07, 6.45) is 1.71. The van der Waals surface area contributed by atoms with Crippen LogP contribution in [0.25, 0.3) is 11.0 Å². The van der Waals surface area contributed by atoms with E-state index in [4.69, 9.17) is 13.9 Å². The molecule has 0 aliphatic heterocycles. The van der Waals surface area contributed by atoms with E-state index in [2.05, 4.69) is 20.9 Å². The highest BCUT2D eigenvalue weighted by Crippen LogP contribution is 2.33. The van der Waals surface area contributed by atoms with Gasteiger partial charge in [0.05, 0.1) is 24.2 Å². The van der Waals surface area contributed by atoms with Crippen LogP contribution < -0.4 is 4.74 Å². The molecule has 1 amide bonds. The molecular weight excluding hydrogens is 400 g/mol.